The predicted molar refractivity (Wildman–Crippen MR) is 93.0 cm³/mol. The molecule has 1 aromatic carbocycles. The highest BCUT2D eigenvalue weighted by molar-refractivity contribution is 5.89. The molecule has 0 bridgehead atoms. The quantitative estimate of drug-likeness (QED) is 0.746. The van der Waals surface area contributed by atoms with Crippen LogP contribution in [0.25, 0.3) is 0 Å². The lowest BCUT2D eigenvalue weighted by Gasteiger charge is -2.42. The van der Waals surface area contributed by atoms with E-state index in [2.05, 4.69) is 18.7 Å². The number of piperidine rings is 1. The Morgan fingerprint density at radius 3 is 2.30 bits per heavy atom. The van der Waals surface area contributed by atoms with Crippen molar-refractivity contribution < 1.29 is 14.3 Å². The van der Waals surface area contributed by atoms with Crippen molar-refractivity contribution in [2.45, 2.75) is 45.6 Å². The average Bonchev–Trinajstić information content (AvgIpc) is 2.55. The number of nitrogens with zero attached hydrogens (tertiary/aromatic N) is 1. The Hall–Kier alpha value is -1.55. The number of methoxy groups -OCH3 is 1. The second kappa shape index (κ2) is 7.82. The van der Waals surface area contributed by atoms with Crippen LogP contribution >= 0.6 is 0 Å². The van der Waals surface area contributed by atoms with Gasteiger partial charge in [0, 0.05) is 25.9 Å². The fourth-order valence-electron chi connectivity index (χ4n) is 3.43. The van der Waals surface area contributed by atoms with Crippen molar-refractivity contribution in [1.29, 1.82) is 0 Å². The molecule has 23 heavy (non-hydrogen) atoms. The SMILES string of the molecule is CCOC(=O)c1ccc(N2CCC(CC(C)C)(OC)CC2)cc1. The molecule has 4 nitrogen and oxygen atoms in total. The molecule has 0 aliphatic carbocycles. The number of rotatable bonds is 6. The maximum atomic E-state index is 11.7. The normalized spacial score (nSPS) is 17.3. The van der Waals surface area contributed by atoms with E-state index in [1.54, 1.807) is 0 Å². The Bertz CT molecular complexity index is 502. The molecule has 1 heterocycles. The zero-order chi connectivity index (χ0) is 16.9. The molecular weight excluding hydrogens is 290 g/mol. The number of hydrogen-bond donors (Lipinski definition) is 0. The molecule has 1 aliphatic heterocycles. The number of carbonyl (C=O) groups is 1. The lowest BCUT2D eigenvalue weighted by atomic mass is 9.83. The number of hydrogen-bond acceptors (Lipinski definition) is 4. The summed E-state index contributed by atoms with van der Waals surface area (Å²) in [7, 11) is 1.84. The van der Waals surface area contributed by atoms with Crippen LogP contribution in [-0.2, 0) is 9.47 Å². The first-order valence-electron chi connectivity index (χ1n) is 8.57. The van der Waals surface area contributed by atoms with Gasteiger partial charge in [-0.3, -0.25) is 0 Å². The molecular formula is C19H29NO3. The van der Waals surface area contributed by atoms with E-state index in [1.807, 2.05) is 38.3 Å². The van der Waals surface area contributed by atoms with Gasteiger partial charge < -0.3 is 14.4 Å². The van der Waals surface area contributed by atoms with E-state index in [1.165, 1.54) is 0 Å². The van der Waals surface area contributed by atoms with Gasteiger partial charge in [0.05, 0.1) is 17.8 Å². The lowest BCUT2D eigenvalue weighted by molar-refractivity contribution is -0.0444. The van der Waals surface area contributed by atoms with Crippen LogP contribution in [0, 0.1) is 5.92 Å². The molecule has 1 saturated heterocycles. The van der Waals surface area contributed by atoms with Crippen LogP contribution < -0.4 is 4.90 Å². The third kappa shape index (κ3) is 4.47. The third-order valence-corrected chi connectivity index (χ3v) is 4.63. The summed E-state index contributed by atoms with van der Waals surface area (Å²) >= 11 is 0. The molecule has 0 N–H and O–H groups in total. The monoisotopic (exact) mass is 319 g/mol. The Morgan fingerprint density at radius 1 is 1.22 bits per heavy atom. The van der Waals surface area contributed by atoms with E-state index in [0.29, 0.717) is 18.1 Å². The summed E-state index contributed by atoms with van der Waals surface area (Å²) in [6.07, 6.45) is 3.20. The van der Waals surface area contributed by atoms with Crippen molar-refractivity contribution in [2.75, 3.05) is 31.7 Å². The van der Waals surface area contributed by atoms with Crippen molar-refractivity contribution >= 4 is 11.7 Å². The first kappa shape index (κ1) is 17.8. The summed E-state index contributed by atoms with van der Waals surface area (Å²) < 4.78 is 10.9. The van der Waals surface area contributed by atoms with Crippen LogP contribution in [0.15, 0.2) is 24.3 Å². The number of carbonyl (C=O) groups excluding carboxylic acids is 1. The van der Waals surface area contributed by atoms with Crippen LogP contribution in [0.4, 0.5) is 5.69 Å². The maximum Gasteiger partial charge on any atom is 0.338 e. The van der Waals surface area contributed by atoms with Gasteiger partial charge >= 0.3 is 5.97 Å². The summed E-state index contributed by atoms with van der Waals surface area (Å²) in [5.74, 6) is 0.387. The molecule has 1 aromatic rings. The molecule has 0 radical (unpaired) electrons. The van der Waals surface area contributed by atoms with Crippen molar-refractivity contribution in [1.82, 2.24) is 0 Å². The number of benzene rings is 1. The Balaban J connectivity index is 1.98. The van der Waals surface area contributed by atoms with Crippen LogP contribution in [-0.4, -0.2) is 38.4 Å². The molecule has 0 spiro atoms. The molecule has 2 rings (SSSR count). The van der Waals surface area contributed by atoms with Gasteiger partial charge in [-0.2, -0.15) is 0 Å². The standard InChI is InChI=1S/C19H29NO3/c1-5-23-18(21)16-6-8-17(9-7-16)20-12-10-19(22-4,11-13-20)14-15(2)3/h6-9,15H,5,10-14H2,1-4H3. The van der Waals surface area contributed by atoms with Crippen LogP contribution in [0.3, 0.4) is 0 Å². The van der Waals surface area contributed by atoms with E-state index in [-0.39, 0.29) is 11.6 Å². The Kier molecular flexibility index (Phi) is 6.05. The van der Waals surface area contributed by atoms with E-state index in [4.69, 9.17) is 9.47 Å². The molecule has 0 aromatic heterocycles. The molecule has 0 saturated carbocycles. The molecule has 128 valence electrons. The summed E-state index contributed by atoms with van der Waals surface area (Å²) in [5.41, 5.74) is 1.79. The fourth-order valence-corrected chi connectivity index (χ4v) is 3.43. The van der Waals surface area contributed by atoms with Gasteiger partial charge in [0.15, 0.2) is 0 Å². The first-order valence-corrected chi connectivity index (χ1v) is 8.57. The van der Waals surface area contributed by atoms with E-state index < -0.39 is 0 Å². The molecule has 0 atom stereocenters. The number of esters is 1. The summed E-state index contributed by atoms with van der Waals surface area (Å²) in [4.78, 5) is 14.1. The predicted octanol–water partition coefficient (Wildman–Crippen LogP) is 3.89. The largest absolute Gasteiger partial charge is 0.462 e. The Labute approximate surface area is 139 Å². The molecule has 1 fully saturated rings. The number of anilines is 1. The molecule has 1 aliphatic rings. The van der Waals surface area contributed by atoms with Crippen molar-refractivity contribution in [2.24, 2.45) is 5.92 Å². The third-order valence-electron chi connectivity index (χ3n) is 4.63. The topological polar surface area (TPSA) is 38.8 Å². The highest BCUT2D eigenvalue weighted by Gasteiger charge is 2.35. The van der Waals surface area contributed by atoms with Gasteiger partial charge in [0.1, 0.15) is 0 Å². The summed E-state index contributed by atoms with van der Waals surface area (Å²) in [6, 6.07) is 7.71. The van der Waals surface area contributed by atoms with Gasteiger partial charge in [0.2, 0.25) is 0 Å². The van der Waals surface area contributed by atoms with E-state index in [0.717, 1.165) is 38.0 Å². The molecule has 0 unspecified atom stereocenters. The molecule has 4 heteroatoms. The average molecular weight is 319 g/mol. The second-order valence-corrected chi connectivity index (χ2v) is 6.74. The van der Waals surface area contributed by atoms with E-state index in [9.17, 15) is 4.79 Å². The fraction of sp³-hybridized carbons (Fsp3) is 0.632. The van der Waals surface area contributed by atoms with Crippen LogP contribution in [0.1, 0.15) is 50.4 Å². The highest BCUT2D eigenvalue weighted by atomic mass is 16.5. The zero-order valence-electron chi connectivity index (χ0n) is 14.8. The van der Waals surface area contributed by atoms with Crippen molar-refractivity contribution in [3.8, 4) is 0 Å². The molecule has 0 amide bonds. The van der Waals surface area contributed by atoms with Gasteiger partial charge in [-0.15, -0.1) is 0 Å². The maximum absolute atomic E-state index is 11.7. The smallest absolute Gasteiger partial charge is 0.338 e. The summed E-state index contributed by atoms with van der Waals surface area (Å²) in [5, 5.41) is 0. The summed E-state index contributed by atoms with van der Waals surface area (Å²) in [6.45, 7) is 8.70. The minimum Gasteiger partial charge on any atom is -0.462 e. The second-order valence-electron chi connectivity index (χ2n) is 6.74. The minimum absolute atomic E-state index is 0.0234. The zero-order valence-corrected chi connectivity index (χ0v) is 14.8. The first-order chi connectivity index (χ1) is 11.0. The Morgan fingerprint density at radius 2 is 1.83 bits per heavy atom. The highest BCUT2D eigenvalue weighted by Crippen LogP contribution is 2.34. The van der Waals surface area contributed by atoms with Crippen LogP contribution in [0.2, 0.25) is 0 Å². The minimum atomic E-state index is -0.256. The van der Waals surface area contributed by atoms with Gasteiger partial charge in [-0.1, -0.05) is 13.8 Å². The van der Waals surface area contributed by atoms with E-state index >= 15 is 0 Å². The van der Waals surface area contributed by atoms with Crippen molar-refractivity contribution in [3.05, 3.63) is 29.8 Å². The number of ether oxygens (including phenoxy) is 2. The van der Waals surface area contributed by atoms with Gasteiger partial charge in [-0.25, -0.2) is 4.79 Å². The lowest BCUT2D eigenvalue weighted by Crippen LogP contribution is -2.46. The van der Waals surface area contributed by atoms with Gasteiger partial charge in [-0.05, 0) is 56.4 Å². The van der Waals surface area contributed by atoms with Crippen LogP contribution in [0.5, 0.6) is 0 Å². The van der Waals surface area contributed by atoms with Crippen molar-refractivity contribution in [3.63, 3.8) is 0 Å². The van der Waals surface area contributed by atoms with Gasteiger partial charge in [0.25, 0.3) is 0 Å².